The number of hydrogen-bond acceptors (Lipinski definition) is 4. The van der Waals surface area contributed by atoms with Gasteiger partial charge in [-0.1, -0.05) is 12.1 Å². The van der Waals surface area contributed by atoms with Crippen molar-refractivity contribution in [3.05, 3.63) is 36.5 Å². The number of aromatic nitrogens is 2. The molecule has 7 heteroatoms. The van der Waals surface area contributed by atoms with Gasteiger partial charge in [0.15, 0.2) is 6.10 Å². The molecule has 0 bridgehead atoms. The van der Waals surface area contributed by atoms with E-state index in [1.807, 2.05) is 38.1 Å². The number of benzene rings is 1. The highest BCUT2D eigenvalue weighted by molar-refractivity contribution is 6.00. The average Bonchev–Trinajstić information content (AvgIpc) is 3.03. The largest absolute Gasteiger partial charge is 0.479 e. The molecule has 2 amide bonds. The van der Waals surface area contributed by atoms with E-state index < -0.39 is 6.10 Å². The van der Waals surface area contributed by atoms with Gasteiger partial charge in [0, 0.05) is 25.1 Å². The van der Waals surface area contributed by atoms with Gasteiger partial charge < -0.3 is 15.0 Å². The molecule has 1 aliphatic rings. The van der Waals surface area contributed by atoms with Crippen LogP contribution in [0.3, 0.4) is 0 Å². The summed E-state index contributed by atoms with van der Waals surface area (Å²) in [7, 11) is 0. The van der Waals surface area contributed by atoms with Crippen molar-refractivity contribution < 1.29 is 14.3 Å². The van der Waals surface area contributed by atoms with Crippen LogP contribution < -0.4 is 15.0 Å². The summed E-state index contributed by atoms with van der Waals surface area (Å²) in [4.78, 5) is 26.3. The first-order chi connectivity index (χ1) is 12.0. The van der Waals surface area contributed by atoms with Crippen molar-refractivity contribution in [2.24, 2.45) is 0 Å². The van der Waals surface area contributed by atoms with Crippen LogP contribution in [0.4, 0.5) is 11.5 Å². The minimum Gasteiger partial charge on any atom is -0.479 e. The number of para-hydroxylation sites is 2. The van der Waals surface area contributed by atoms with Crippen LogP contribution in [0.5, 0.6) is 5.75 Å². The Balaban J connectivity index is 1.67. The first kappa shape index (κ1) is 17.0. The maximum absolute atomic E-state index is 12.4. The molecule has 7 nitrogen and oxygen atoms in total. The maximum Gasteiger partial charge on any atom is 0.267 e. The molecular formula is C18H22N4O3. The summed E-state index contributed by atoms with van der Waals surface area (Å²) in [6.45, 7) is 6.00. The Bertz CT molecular complexity index is 784. The number of ether oxygens (including phenoxy) is 1. The van der Waals surface area contributed by atoms with Crippen LogP contribution in [0, 0.1) is 0 Å². The molecular weight excluding hydrogens is 320 g/mol. The zero-order valence-corrected chi connectivity index (χ0v) is 14.6. The topological polar surface area (TPSA) is 76.5 Å². The third-order valence-corrected chi connectivity index (χ3v) is 4.06. The number of rotatable bonds is 5. The lowest BCUT2D eigenvalue weighted by Gasteiger charge is -2.32. The monoisotopic (exact) mass is 342 g/mol. The lowest BCUT2D eigenvalue weighted by atomic mass is 10.1. The third kappa shape index (κ3) is 3.50. The predicted molar refractivity (Wildman–Crippen MR) is 94.7 cm³/mol. The second-order valence-corrected chi connectivity index (χ2v) is 6.27. The van der Waals surface area contributed by atoms with Crippen LogP contribution in [0.1, 0.15) is 33.2 Å². The highest BCUT2D eigenvalue weighted by Crippen LogP contribution is 2.33. The number of nitrogens with one attached hydrogen (secondary N) is 1. The van der Waals surface area contributed by atoms with Gasteiger partial charge in [0.1, 0.15) is 11.6 Å². The maximum atomic E-state index is 12.4. The van der Waals surface area contributed by atoms with Gasteiger partial charge in [-0.05, 0) is 32.9 Å². The molecule has 0 radical (unpaired) electrons. The molecule has 0 aliphatic carbocycles. The van der Waals surface area contributed by atoms with Crippen molar-refractivity contribution in [3.63, 3.8) is 0 Å². The fourth-order valence-corrected chi connectivity index (χ4v) is 2.83. The minimum atomic E-state index is -0.555. The first-order valence-corrected chi connectivity index (χ1v) is 8.38. The van der Waals surface area contributed by atoms with E-state index in [2.05, 4.69) is 10.4 Å². The van der Waals surface area contributed by atoms with E-state index >= 15 is 0 Å². The van der Waals surface area contributed by atoms with Crippen molar-refractivity contribution in [1.82, 2.24) is 9.78 Å². The molecule has 3 rings (SSSR count). The summed E-state index contributed by atoms with van der Waals surface area (Å²) in [6, 6.07) is 9.27. The van der Waals surface area contributed by atoms with E-state index in [9.17, 15) is 9.59 Å². The lowest BCUT2D eigenvalue weighted by Crippen LogP contribution is -2.45. The number of carbonyl (C=O) groups is 2. The van der Waals surface area contributed by atoms with Gasteiger partial charge in [0.05, 0.1) is 11.9 Å². The van der Waals surface area contributed by atoms with Crippen LogP contribution in [-0.2, 0) is 9.59 Å². The van der Waals surface area contributed by atoms with Gasteiger partial charge in [-0.3, -0.25) is 9.59 Å². The Morgan fingerprint density at radius 1 is 1.32 bits per heavy atom. The van der Waals surface area contributed by atoms with E-state index in [1.54, 1.807) is 28.8 Å². The first-order valence-electron chi connectivity index (χ1n) is 8.38. The molecule has 2 heterocycles. The number of amides is 2. The van der Waals surface area contributed by atoms with Crippen molar-refractivity contribution in [1.29, 1.82) is 0 Å². The van der Waals surface area contributed by atoms with Crippen LogP contribution in [0.2, 0.25) is 0 Å². The van der Waals surface area contributed by atoms with Gasteiger partial charge >= 0.3 is 0 Å². The average molecular weight is 342 g/mol. The number of carbonyl (C=O) groups excluding carboxylic acids is 2. The zero-order chi connectivity index (χ0) is 18.0. The van der Waals surface area contributed by atoms with Crippen molar-refractivity contribution in [2.75, 3.05) is 16.8 Å². The molecule has 1 atom stereocenters. The summed E-state index contributed by atoms with van der Waals surface area (Å²) in [5, 5.41) is 7.05. The van der Waals surface area contributed by atoms with Crippen LogP contribution in [-0.4, -0.2) is 34.2 Å². The molecule has 0 saturated carbocycles. The molecule has 0 spiro atoms. The SMILES string of the molecule is CC(C)n1nccc1NC(=O)CCN1C(=O)[C@@H](C)Oc2ccccc21. The summed E-state index contributed by atoms with van der Waals surface area (Å²) < 4.78 is 7.35. The summed E-state index contributed by atoms with van der Waals surface area (Å²) in [5.74, 6) is 1.01. The molecule has 0 unspecified atom stereocenters. The highest BCUT2D eigenvalue weighted by atomic mass is 16.5. The second-order valence-electron chi connectivity index (χ2n) is 6.27. The van der Waals surface area contributed by atoms with E-state index in [-0.39, 0.29) is 24.3 Å². The minimum absolute atomic E-state index is 0.140. The van der Waals surface area contributed by atoms with Gasteiger partial charge in [0.2, 0.25) is 5.91 Å². The Morgan fingerprint density at radius 2 is 2.08 bits per heavy atom. The van der Waals surface area contributed by atoms with Crippen molar-refractivity contribution in [3.8, 4) is 5.75 Å². The molecule has 1 N–H and O–H groups in total. The number of nitrogens with zero attached hydrogens (tertiary/aromatic N) is 3. The molecule has 0 fully saturated rings. The van der Waals surface area contributed by atoms with E-state index in [4.69, 9.17) is 4.74 Å². The van der Waals surface area contributed by atoms with E-state index in [0.717, 1.165) is 0 Å². The number of anilines is 2. The standard InChI is InChI=1S/C18H22N4O3/c1-12(2)22-16(8-10-19-22)20-17(23)9-11-21-14-6-4-5-7-15(14)25-13(3)18(21)24/h4-8,10,12-13H,9,11H2,1-3H3,(H,20,23)/t13-/m1/s1. The highest BCUT2D eigenvalue weighted by Gasteiger charge is 2.31. The summed E-state index contributed by atoms with van der Waals surface area (Å²) in [5.41, 5.74) is 0.700. The Kier molecular flexibility index (Phi) is 4.74. The molecule has 1 aliphatic heterocycles. The van der Waals surface area contributed by atoms with E-state index in [1.165, 1.54) is 0 Å². The van der Waals surface area contributed by atoms with Gasteiger partial charge in [-0.15, -0.1) is 0 Å². The van der Waals surface area contributed by atoms with Crippen LogP contribution in [0.15, 0.2) is 36.5 Å². The molecule has 0 saturated heterocycles. The van der Waals surface area contributed by atoms with E-state index in [0.29, 0.717) is 23.8 Å². The molecule has 1 aromatic carbocycles. The normalized spacial score (nSPS) is 16.6. The zero-order valence-electron chi connectivity index (χ0n) is 14.6. The van der Waals surface area contributed by atoms with Gasteiger partial charge in [-0.25, -0.2) is 4.68 Å². The van der Waals surface area contributed by atoms with Gasteiger partial charge in [0.25, 0.3) is 5.91 Å². The lowest BCUT2D eigenvalue weighted by molar-refractivity contribution is -0.125. The van der Waals surface area contributed by atoms with Crippen LogP contribution in [0.25, 0.3) is 0 Å². The summed E-state index contributed by atoms with van der Waals surface area (Å²) in [6.07, 6.45) is 1.29. The predicted octanol–water partition coefficient (Wildman–Crippen LogP) is 2.61. The third-order valence-electron chi connectivity index (χ3n) is 4.06. The number of hydrogen-bond donors (Lipinski definition) is 1. The smallest absolute Gasteiger partial charge is 0.267 e. The van der Waals surface area contributed by atoms with Crippen molar-refractivity contribution in [2.45, 2.75) is 39.3 Å². The second kappa shape index (κ2) is 6.96. The van der Waals surface area contributed by atoms with Gasteiger partial charge in [-0.2, -0.15) is 5.10 Å². The molecule has 1 aromatic heterocycles. The fourth-order valence-electron chi connectivity index (χ4n) is 2.83. The molecule has 132 valence electrons. The van der Waals surface area contributed by atoms with Crippen LogP contribution >= 0.6 is 0 Å². The van der Waals surface area contributed by atoms with Crippen molar-refractivity contribution >= 4 is 23.3 Å². The molecule has 25 heavy (non-hydrogen) atoms. The Labute approximate surface area is 146 Å². The Morgan fingerprint density at radius 3 is 2.84 bits per heavy atom. The quantitative estimate of drug-likeness (QED) is 0.906. The Hall–Kier alpha value is -2.83. The molecule has 2 aromatic rings. The number of fused-ring (bicyclic) bond motifs is 1. The fraction of sp³-hybridized carbons (Fsp3) is 0.389. The summed E-state index contributed by atoms with van der Waals surface area (Å²) >= 11 is 0.